The van der Waals surface area contributed by atoms with Crippen LogP contribution in [0.4, 0.5) is 0 Å². The molecule has 0 bridgehead atoms. The van der Waals surface area contributed by atoms with Gasteiger partial charge in [0.05, 0.1) is 6.10 Å². The Hall–Kier alpha value is -0.810. The number of hydrogen-bond acceptors (Lipinski definition) is 3. The third-order valence-electron chi connectivity index (χ3n) is 5.07. The fraction of sp³-hybridized carbons (Fsp3) is 0.947. The standard InChI is InChI=1S/C19H40N4O/c1-6-23-14-10-17(11-15-23)8-12-21-19(20-5)22-13-9-18(16(3)4)24-7-2/h16-18H,6-15H2,1-5H3,(H2,20,21,22). The number of guanidine groups is 1. The quantitative estimate of drug-likeness (QED) is 0.474. The zero-order chi connectivity index (χ0) is 17.8. The molecule has 24 heavy (non-hydrogen) atoms. The fourth-order valence-corrected chi connectivity index (χ4v) is 3.36. The minimum atomic E-state index is 0.323. The van der Waals surface area contributed by atoms with Gasteiger partial charge in [-0.05, 0) is 64.1 Å². The van der Waals surface area contributed by atoms with Crippen molar-refractivity contribution < 1.29 is 4.74 Å². The summed E-state index contributed by atoms with van der Waals surface area (Å²) in [5.74, 6) is 2.33. The summed E-state index contributed by atoms with van der Waals surface area (Å²) in [5, 5.41) is 6.88. The lowest BCUT2D eigenvalue weighted by Gasteiger charge is -2.31. The van der Waals surface area contributed by atoms with Gasteiger partial charge in [-0.3, -0.25) is 4.99 Å². The van der Waals surface area contributed by atoms with Crippen LogP contribution in [0.2, 0.25) is 0 Å². The Kier molecular flexibility index (Phi) is 11.1. The van der Waals surface area contributed by atoms with Crippen molar-refractivity contribution in [1.29, 1.82) is 0 Å². The summed E-state index contributed by atoms with van der Waals surface area (Å²) in [6.45, 7) is 15.2. The Morgan fingerprint density at radius 2 is 1.83 bits per heavy atom. The van der Waals surface area contributed by atoms with E-state index < -0.39 is 0 Å². The van der Waals surface area contributed by atoms with E-state index in [0.717, 1.165) is 38.0 Å². The van der Waals surface area contributed by atoms with Gasteiger partial charge in [0.2, 0.25) is 0 Å². The molecule has 2 N–H and O–H groups in total. The van der Waals surface area contributed by atoms with Crippen molar-refractivity contribution in [3.8, 4) is 0 Å². The second-order valence-corrected chi connectivity index (χ2v) is 7.12. The van der Waals surface area contributed by atoms with E-state index in [9.17, 15) is 0 Å². The van der Waals surface area contributed by atoms with Crippen molar-refractivity contribution in [1.82, 2.24) is 15.5 Å². The summed E-state index contributed by atoms with van der Waals surface area (Å²) in [4.78, 5) is 6.88. The molecule has 1 atom stereocenters. The second-order valence-electron chi connectivity index (χ2n) is 7.12. The molecular formula is C19H40N4O. The number of nitrogens with one attached hydrogen (secondary N) is 2. The summed E-state index contributed by atoms with van der Waals surface area (Å²) in [6, 6.07) is 0. The van der Waals surface area contributed by atoms with Crippen LogP contribution in [-0.4, -0.2) is 63.3 Å². The zero-order valence-electron chi connectivity index (χ0n) is 16.6. The molecular weight excluding hydrogens is 300 g/mol. The maximum atomic E-state index is 5.79. The van der Waals surface area contributed by atoms with Gasteiger partial charge in [-0.2, -0.15) is 0 Å². The Morgan fingerprint density at radius 3 is 2.38 bits per heavy atom. The molecule has 5 nitrogen and oxygen atoms in total. The maximum absolute atomic E-state index is 5.79. The Bertz CT molecular complexity index is 338. The molecule has 142 valence electrons. The lowest BCUT2D eigenvalue weighted by Crippen LogP contribution is -2.40. The molecule has 0 aromatic heterocycles. The predicted molar refractivity (Wildman–Crippen MR) is 104 cm³/mol. The van der Waals surface area contributed by atoms with Crippen molar-refractivity contribution in [2.75, 3.05) is 46.4 Å². The van der Waals surface area contributed by atoms with Crippen LogP contribution in [0.5, 0.6) is 0 Å². The second kappa shape index (κ2) is 12.5. The summed E-state index contributed by atoms with van der Waals surface area (Å²) < 4.78 is 5.79. The number of aliphatic imine (C=N–C) groups is 1. The van der Waals surface area contributed by atoms with Crippen LogP contribution >= 0.6 is 0 Å². The Morgan fingerprint density at radius 1 is 1.17 bits per heavy atom. The first kappa shape index (κ1) is 21.2. The van der Waals surface area contributed by atoms with E-state index in [2.05, 4.69) is 48.2 Å². The van der Waals surface area contributed by atoms with Crippen molar-refractivity contribution >= 4 is 5.96 Å². The lowest BCUT2D eigenvalue weighted by molar-refractivity contribution is 0.0258. The number of nitrogens with zero attached hydrogens (tertiary/aromatic N) is 2. The molecule has 0 amide bonds. The smallest absolute Gasteiger partial charge is 0.190 e. The van der Waals surface area contributed by atoms with Gasteiger partial charge in [0.15, 0.2) is 5.96 Å². The summed E-state index contributed by atoms with van der Waals surface area (Å²) in [7, 11) is 1.84. The molecule has 1 unspecified atom stereocenters. The Labute approximate surface area is 149 Å². The number of rotatable bonds is 10. The molecule has 0 radical (unpaired) electrons. The van der Waals surface area contributed by atoms with E-state index in [1.807, 2.05) is 7.05 Å². The van der Waals surface area contributed by atoms with Gasteiger partial charge >= 0.3 is 0 Å². The van der Waals surface area contributed by atoms with E-state index in [0.29, 0.717) is 12.0 Å². The lowest BCUT2D eigenvalue weighted by atomic mass is 9.93. The van der Waals surface area contributed by atoms with Crippen LogP contribution in [0.15, 0.2) is 4.99 Å². The molecule has 1 aliphatic rings. The molecule has 0 aromatic rings. The third-order valence-corrected chi connectivity index (χ3v) is 5.07. The monoisotopic (exact) mass is 340 g/mol. The largest absolute Gasteiger partial charge is 0.378 e. The first-order valence-corrected chi connectivity index (χ1v) is 9.89. The normalized spacial score (nSPS) is 18.8. The third kappa shape index (κ3) is 8.34. The van der Waals surface area contributed by atoms with Crippen molar-refractivity contribution in [2.24, 2.45) is 16.8 Å². The summed E-state index contributed by atoms with van der Waals surface area (Å²) in [6.07, 6.45) is 5.26. The van der Waals surface area contributed by atoms with Gasteiger partial charge in [-0.25, -0.2) is 0 Å². The number of hydrogen-bond donors (Lipinski definition) is 2. The number of piperidine rings is 1. The van der Waals surface area contributed by atoms with Gasteiger partial charge in [0.1, 0.15) is 0 Å². The van der Waals surface area contributed by atoms with E-state index in [1.165, 1.54) is 38.9 Å². The van der Waals surface area contributed by atoms with E-state index in [1.54, 1.807) is 0 Å². The minimum Gasteiger partial charge on any atom is -0.378 e. The van der Waals surface area contributed by atoms with Gasteiger partial charge < -0.3 is 20.3 Å². The molecule has 1 aliphatic heterocycles. The molecule has 0 saturated carbocycles. The highest BCUT2D eigenvalue weighted by atomic mass is 16.5. The van der Waals surface area contributed by atoms with Crippen LogP contribution in [0.3, 0.4) is 0 Å². The van der Waals surface area contributed by atoms with Gasteiger partial charge in [0.25, 0.3) is 0 Å². The van der Waals surface area contributed by atoms with Gasteiger partial charge in [-0.1, -0.05) is 20.8 Å². The van der Waals surface area contributed by atoms with Gasteiger partial charge in [0, 0.05) is 26.7 Å². The van der Waals surface area contributed by atoms with E-state index >= 15 is 0 Å². The predicted octanol–water partition coefficient (Wildman–Crippen LogP) is 2.72. The first-order valence-electron chi connectivity index (χ1n) is 9.89. The molecule has 0 spiro atoms. The van der Waals surface area contributed by atoms with Crippen molar-refractivity contribution in [3.63, 3.8) is 0 Å². The van der Waals surface area contributed by atoms with Crippen LogP contribution in [0.1, 0.15) is 53.4 Å². The summed E-state index contributed by atoms with van der Waals surface area (Å²) in [5.41, 5.74) is 0. The molecule has 0 aliphatic carbocycles. The Balaban J connectivity index is 2.16. The zero-order valence-corrected chi connectivity index (χ0v) is 16.6. The van der Waals surface area contributed by atoms with Crippen LogP contribution < -0.4 is 10.6 Å². The van der Waals surface area contributed by atoms with E-state index in [4.69, 9.17) is 4.74 Å². The molecule has 1 saturated heterocycles. The molecule has 0 aromatic carbocycles. The average molecular weight is 341 g/mol. The van der Waals surface area contributed by atoms with Gasteiger partial charge in [-0.15, -0.1) is 0 Å². The highest BCUT2D eigenvalue weighted by Crippen LogP contribution is 2.19. The number of likely N-dealkylation sites (tertiary alicyclic amines) is 1. The minimum absolute atomic E-state index is 0.323. The first-order chi connectivity index (χ1) is 11.6. The molecule has 5 heteroatoms. The van der Waals surface area contributed by atoms with Crippen molar-refractivity contribution in [2.45, 2.75) is 59.5 Å². The van der Waals surface area contributed by atoms with Crippen LogP contribution in [-0.2, 0) is 4.74 Å². The van der Waals surface area contributed by atoms with Crippen LogP contribution in [0, 0.1) is 11.8 Å². The summed E-state index contributed by atoms with van der Waals surface area (Å²) >= 11 is 0. The highest BCUT2D eigenvalue weighted by molar-refractivity contribution is 5.79. The van der Waals surface area contributed by atoms with Crippen molar-refractivity contribution in [3.05, 3.63) is 0 Å². The highest BCUT2D eigenvalue weighted by Gasteiger charge is 2.17. The van der Waals surface area contributed by atoms with E-state index in [-0.39, 0.29) is 0 Å². The number of ether oxygens (including phenoxy) is 1. The molecule has 1 fully saturated rings. The SMILES string of the molecule is CCOC(CCNC(=NC)NCCC1CCN(CC)CC1)C(C)C. The average Bonchev–Trinajstić information content (AvgIpc) is 2.59. The topological polar surface area (TPSA) is 48.9 Å². The molecule has 1 heterocycles. The molecule has 1 rings (SSSR count). The fourth-order valence-electron chi connectivity index (χ4n) is 3.36. The maximum Gasteiger partial charge on any atom is 0.190 e. The van der Waals surface area contributed by atoms with Crippen LogP contribution in [0.25, 0.3) is 0 Å².